The maximum absolute atomic E-state index is 12.7. The summed E-state index contributed by atoms with van der Waals surface area (Å²) in [6.45, 7) is 0.522. The van der Waals surface area contributed by atoms with E-state index >= 15 is 0 Å². The number of hydrogen-bond acceptors (Lipinski definition) is 8. The highest BCUT2D eigenvalue weighted by atomic mass is 16.4. The lowest BCUT2D eigenvalue weighted by atomic mass is 10.0. The third-order valence-electron chi connectivity index (χ3n) is 5.07. The van der Waals surface area contributed by atoms with E-state index in [2.05, 4.69) is 20.9 Å². The summed E-state index contributed by atoms with van der Waals surface area (Å²) in [6.07, 6.45) is -0.967. The van der Waals surface area contributed by atoms with Gasteiger partial charge in [0.1, 0.15) is 18.1 Å². The van der Waals surface area contributed by atoms with Gasteiger partial charge < -0.3 is 48.5 Å². The summed E-state index contributed by atoms with van der Waals surface area (Å²) in [5.41, 5.74) is 17.1. The molecule has 0 saturated carbocycles. The number of guanidine groups is 1. The first-order valence-electron chi connectivity index (χ1n) is 11.2. The standard InChI is InChI=1S/C22H35N7O7/c1-12(31)17(29-18(32)14(23)10-13-6-3-2-4-7-13)20(34)28-16(11-30)19(33)27-15(21(35)36)8-5-9-26-22(24)25/h2-4,6-7,12,14-17,30-31H,5,8-11,23H2,1H3,(H,27,33)(H,28,34)(H,29,32)(H,35,36)(H4,24,25,26). The van der Waals surface area contributed by atoms with E-state index in [4.69, 9.17) is 17.2 Å². The molecule has 36 heavy (non-hydrogen) atoms. The maximum Gasteiger partial charge on any atom is 0.326 e. The Balaban J connectivity index is 2.76. The quantitative estimate of drug-likeness (QED) is 0.0640. The third kappa shape index (κ3) is 10.7. The molecule has 5 atom stereocenters. The Kier molecular flexibility index (Phi) is 12.9. The van der Waals surface area contributed by atoms with Crippen molar-refractivity contribution in [2.45, 2.75) is 56.5 Å². The van der Waals surface area contributed by atoms with Gasteiger partial charge in [0.05, 0.1) is 18.8 Å². The van der Waals surface area contributed by atoms with Crippen molar-refractivity contribution in [2.24, 2.45) is 22.2 Å². The van der Waals surface area contributed by atoms with Gasteiger partial charge in [0, 0.05) is 6.54 Å². The van der Waals surface area contributed by atoms with E-state index in [0.29, 0.717) is 0 Å². The lowest BCUT2D eigenvalue weighted by molar-refractivity contribution is -0.143. The molecule has 1 aromatic carbocycles. The van der Waals surface area contributed by atoms with Crippen LogP contribution in [0.25, 0.3) is 0 Å². The Labute approximate surface area is 208 Å². The van der Waals surface area contributed by atoms with Gasteiger partial charge in [0.25, 0.3) is 0 Å². The van der Waals surface area contributed by atoms with Crippen LogP contribution in [0.5, 0.6) is 0 Å². The molecule has 0 aliphatic heterocycles. The normalized spacial score (nSPS) is 14.9. The van der Waals surface area contributed by atoms with Crippen molar-refractivity contribution in [3.05, 3.63) is 35.9 Å². The molecule has 0 aliphatic rings. The number of nitrogens with zero attached hydrogens (tertiary/aromatic N) is 1. The number of carbonyl (C=O) groups is 4. The van der Waals surface area contributed by atoms with Crippen LogP contribution in [0.4, 0.5) is 0 Å². The Hall–Kier alpha value is -3.75. The summed E-state index contributed by atoms with van der Waals surface area (Å²) in [5, 5.41) is 35.7. The van der Waals surface area contributed by atoms with Gasteiger partial charge in [-0.15, -0.1) is 0 Å². The zero-order valence-electron chi connectivity index (χ0n) is 20.0. The number of carboxylic acid groups (broad SMARTS) is 1. The number of aliphatic imine (C=N–C) groups is 1. The molecule has 14 heteroatoms. The zero-order chi connectivity index (χ0) is 27.3. The SMILES string of the molecule is CC(O)C(NC(=O)C(N)Cc1ccccc1)C(=O)NC(CO)C(=O)NC(CCCN=C(N)N)C(=O)O. The van der Waals surface area contributed by atoms with E-state index in [1.54, 1.807) is 24.3 Å². The number of benzene rings is 1. The Morgan fingerprint density at radius 3 is 2.11 bits per heavy atom. The topological polar surface area (TPSA) is 255 Å². The highest BCUT2D eigenvalue weighted by Gasteiger charge is 2.32. The Morgan fingerprint density at radius 2 is 1.58 bits per heavy atom. The fraction of sp³-hybridized carbons (Fsp3) is 0.500. The monoisotopic (exact) mass is 509 g/mol. The largest absolute Gasteiger partial charge is 0.480 e. The highest BCUT2D eigenvalue weighted by molar-refractivity contribution is 5.94. The molecular formula is C22H35N7O7. The fourth-order valence-electron chi connectivity index (χ4n) is 3.12. The smallest absolute Gasteiger partial charge is 0.326 e. The second-order valence-electron chi connectivity index (χ2n) is 8.12. The van der Waals surface area contributed by atoms with Crippen LogP contribution < -0.4 is 33.2 Å². The van der Waals surface area contributed by atoms with Crippen LogP contribution in [0.2, 0.25) is 0 Å². The molecule has 0 bridgehead atoms. The van der Waals surface area contributed by atoms with Gasteiger partial charge in [0.15, 0.2) is 5.96 Å². The number of aliphatic hydroxyl groups excluding tert-OH is 2. The summed E-state index contributed by atoms with van der Waals surface area (Å²) >= 11 is 0. The van der Waals surface area contributed by atoms with Crippen molar-refractivity contribution in [1.82, 2.24) is 16.0 Å². The second kappa shape index (κ2) is 15.3. The van der Waals surface area contributed by atoms with Crippen molar-refractivity contribution in [1.29, 1.82) is 0 Å². The van der Waals surface area contributed by atoms with E-state index in [0.717, 1.165) is 5.56 Å². The molecule has 0 aromatic heterocycles. The number of carbonyl (C=O) groups excluding carboxylic acids is 3. The molecule has 12 N–H and O–H groups in total. The molecule has 0 heterocycles. The van der Waals surface area contributed by atoms with Crippen LogP contribution >= 0.6 is 0 Å². The average Bonchev–Trinajstić information content (AvgIpc) is 2.82. The van der Waals surface area contributed by atoms with Crippen LogP contribution in [-0.4, -0.2) is 88.4 Å². The predicted octanol–water partition coefficient (Wildman–Crippen LogP) is -3.48. The van der Waals surface area contributed by atoms with Crippen LogP contribution in [0.1, 0.15) is 25.3 Å². The number of hydrogen-bond donors (Lipinski definition) is 9. The molecule has 5 unspecified atom stereocenters. The fourth-order valence-corrected chi connectivity index (χ4v) is 3.12. The van der Waals surface area contributed by atoms with Crippen molar-refractivity contribution >= 4 is 29.7 Å². The van der Waals surface area contributed by atoms with Gasteiger partial charge in [0.2, 0.25) is 17.7 Å². The lowest BCUT2D eigenvalue weighted by Gasteiger charge is -2.25. The minimum Gasteiger partial charge on any atom is -0.480 e. The summed E-state index contributed by atoms with van der Waals surface area (Å²) in [5.74, 6) is -4.15. The van der Waals surface area contributed by atoms with Gasteiger partial charge in [-0.05, 0) is 31.7 Å². The summed E-state index contributed by atoms with van der Waals surface area (Å²) in [6, 6.07) is 3.54. The molecule has 3 amide bonds. The average molecular weight is 510 g/mol. The molecule has 0 saturated heterocycles. The molecule has 14 nitrogen and oxygen atoms in total. The van der Waals surface area contributed by atoms with Gasteiger partial charge in [-0.25, -0.2) is 4.79 Å². The molecule has 0 aliphatic carbocycles. The zero-order valence-corrected chi connectivity index (χ0v) is 20.0. The molecule has 1 aromatic rings. The number of aliphatic carboxylic acids is 1. The van der Waals surface area contributed by atoms with Crippen LogP contribution in [-0.2, 0) is 25.6 Å². The van der Waals surface area contributed by atoms with E-state index in [-0.39, 0.29) is 31.8 Å². The summed E-state index contributed by atoms with van der Waals surface area (Å²) in [4.78, 5) is 52.9. The van der Waals surface area contributed by atoms with E-state index < -0.39 is 60.6 Å². The van der Waals surface area contributed by atoms with Gasteiger partial charge in [-0.1, -0.05) is 30.3 Å². The van der Waals surface area contributed by atoms with Gasteiger partial charge >= 0.3 is 5.97 Å². The molecule has 0 fully saturated rings. The number of nitrogens with two attached hydrogens (primary N) is 3. The lowest BCUT2D eigenvalue weighted by Crippen LogP contribution is -2.60. The number of amides is 3. The number of aliphatic hydroxyl groups is 2. The maximum atomic E-state index is 12.7. The number of nitrogens with one attached hydrogen (secondary N) is 3. The first-order chi connectivity index (χ1) is 17.0. The minimum absolute atomic E-state index is 0.0182. The van der Waals surface area contributed by atoms with Crippen molar-refractivity contribution in [3.63, 3.8) is 0 Å². The second-order valence-corrected chi connectivity index (χ2v) is 8.12. The number of rotatable bonds is 15. The molecule has 1 rings (SSSR count). The van der Waals surface area contributed by atoms with Crippen LogP contribution in [0, 0.1) is 0 Å². The summed E-state index contributed by atoms with van der Waals surface area (Å²) in [7, 11) is 0. The van der Waals surface area contributed by atoms with E-state index in [9.17, 15) is 34.5 Å². The number of carboxylic acids is 1. The third-order valence-corrected chi connectivity index (χ3v) is 5.07. The van der Waals surface area contributed by atoms with Crippen molar-refractivity contribution < 1.29 is 34.5 Å². The van der Waals surface area contributed by atoms with Crippen molar-refractivity contribution in [2.75, 3.05) is 13.2 Å². The van der Waals surface area contributed by atoms with Crippen LogP contribution in [0.15, 0.2) is 35.3 Å². The Morgan fingerprint density at radius 1 is 0.972 bits per heavy atom. The van der Waals surface area contributed by atoms with Gasteiger partial charge in [-0.2, -0.15) is 0 Å². The molecule has 0 spiro atoms. The predicted molar refractivity (Wildman–Crippen MR) is 130 cm³/mol. The molecule has 0 radical (unpaired) electrons. The first kappa shape index (κ1) is 30.3. The van der Waals surface area contributed by atoms with E-state index in [1.165, 1.54) is 6.92 Å². The van der Waals surface area contributed by atoms with E-state index in [1.807, 2.05) is 6.07 Å². The summed E-state index contributed by atoms with van der Waals surface area (Å²) < 4.78 is 0. The minimum atomic E-state index is -1.55. The molecular weight excluding hydrogens is 474 g/mol. The van der Waals surface area contributed by atoms with Crippen LogP contribution in [0.3, 0.4) is 0 Å². The molecule has 200 valence electrons. The van der Waals surface area contributed by atoms with Crippen molar-refractivity contribution in [3.8, 4) is 0 Å². The Bertz CT molecular complexity index is 907. The first-order valence-corrected chi connectivity index (χ1v) is 11.2. The highest BCUT2D eigenvalue weighted by Crippen LogP contribution is 2.04. The van der Waals surface area contributed by atoms with Gasteiger partial charge in [-0.3, -0.25) is 19.4 Å².